The van der Waals surface area contributed by atoms with Gasteiger partial charge in [-0.3, -0.25) is 4.79 Å². The monoisotopic (exact) mass is 529 g/mol. The Morgan fingerprint density at radius 2 is 1.23 bits per heavy atom. The van der Waals surface area contributed by atoms with Crippen molar-refractivity contribution in [2.24, 2.45) is 0 Å². The standard InChI is InChI=1S/C33H24ClN3O2/c34-30-21-29-31(28(22-38)35-30)32(39-23-24-13-5-1-6-14-24)36-37(29)33(25-15-7-2-8-16-25,26-17-9-3-10-18-26)27-19-11-4-12-20-27/h1-22H,23H2. The van der Waals surface area contributed by atoms with Crippen LogP contribution in [0.15, 0.2) is 127 Å². The van der Waals surface area contributed by atoms with Gasteiger partial charge >= 0.3 is 0 Å². The fourth-order valence-corrected chi connectivity index (χ4v) is 5.37. The normalized spacial score (nSPS) is 11.4. The Hall–Kier alpha value is -4.74. The zero-order valence-electron chi connectivity index (χ0n) is 20.9. The molecular formula is C33H24ClN3O2. The van der Waals surface area contributed by atoms with Gasteiger partial charge in [0, 0.05) is 6.07 Å². The van der Waals surface area contributed by atoms with Gasteiger partial charge in [0.2, 0.25) is 5.88 Å². The van der Waals surface area contributed by atoms with Crippen molar-refractivity contribution >= 4 is 28.8 Å². The summed E-state index contributed by atoms with van der Waals surface area (Å²) in [6, 6.07) is 42.1. The Balaban J connectivity index is 1.71. The lowest BCUT2D eigenvalue weighted by Crippen LogP contribution is -2.38. The zero-order chi connectivity index (χ0) is 26.7. The van der Waals surface area contributed by atoms with Crippen LogP contribution in [0.25, 0.3) is 10.9 Å². The van der Waals surface area contributed by atoms with Crippen LogP contribution in [-0.4, -0.2) is 21.1 Å². The van der Waals surface area contributed by atoms with Crippen LogP contribution in [0, 0.1) is 0 Å². The molecule has 4 aromatic carbocycles. The fraction of sp³-hybridized carbons (Fsp3) is 0.0606. The molecule has 0 N–H and O–H groups in total. The van der Waals surface area contributed by atoms with E-state index in [0.29, 0.717) is 23.1 Å². The minimum Gasteiger partial charge on any atom is -0.471 e. The third-order valence-electron chi connectivity index (χ3n) is 6.85. The summed E-state index contributed by atoms with van der Waals surface area (Å²) >= 11 is 6.49. The predicted molar refractivity (Wildman–Crippen MR) is 153 cm³/mol. The van der Waals surface area contributed by atoms with E-state index in [1.165, 1.54) is 0 Å². The van der Waals surface area contributed by atoms with Crippen molar-refractivity contribution in [2.75, 3.05) is 0 Å². The van der Waals surface area contributed by atoms with Gasteiger partial charge in [-0.2, -0.15) is 0 Å². The van der Waals surface area contributed by atoms with E-state index < -0.39 is 5.54 Å². The Morgan fingerprint density at radius 1 is 0.744 bits per heavy atom. The van der Waals surface area contributed by atoms with E-state index in [1.54, 1.807) is 6.07 Å². The molecule has 0 saturated carbocycles. The molecule has 0 aliphatic rings. The molecule has 6 heteroatoms. The first-order valence-corrected chi connectivity index (χ1v) is 13.0. The van der Waals surface area contributed by atoms with Crippen LogP contribution in [-0.2, 0) is 12.1 Å². The Bertz CT molecular complexity index is 1620. The highest BCUT2D eigenvalue weighted by Gasteiger charge is 2.41. The zero-order valence-corrected chi connectivity index (χ0v) is 21.7. The number of halogens is 1. The van der Waals surface area contributed by atoms with Crippen LogP contribution < -0.4 is 4.74 Å². The van der Waals surface area contributed by atoms with Crippen molar-refractivity contribution in [1.82, 2.24) is 14.8 Å². The Kier molecular flexibility index (Phi) is 6.66. The largest absolute Gasteiger partial charge is 0.471 e. The van der Waals surface area contributed by atoms with Gasteiger partial charge in [0.15, 0.2) is 6.29 Å². The highest BCUT2D eigenvalue weighted by atomic mass is 35.5. The molecular weight excluding hydrogens is 506 g/mol. The van der Waals surface area contributed by atoms with Gasteiger partial charge in [0.05, 0.1) is 10.9 Å². The molecule has 0 aliphatic carbocycles. The maximum absolute atomic E-state index is 12.3. The van der Waals surface area contributed by atoms with E-state index >= 15 is 0 Å². The maximum atomic E-state index is 12.3. The lowest BCUT2D eigenvalue weighted by Gasteiger charge is -2.36. The number of ether oxygens (including phenoxy) is 1. The number of benzene rings is 4. The van der Waals surface area contributed by atoms with Gasteiger partial charge < -0.3 is 4.74 Å². The molecule has 0 aliphatic heterocycles. The van der Waals surface area contributed by atoms with Gasteiger partial charge in [-0.05, 0) is 22.3 Å². The van der Waals surface area contributed by atoms with E-state index in [1.807, 2.05) is 89.6 Å². The van der Waals surface area contributed by atoms with Crippen molar-refractivity contribution in [3.8, 4) is 5.88 Å². The van der Waals surface area contributed by atoms with Crippen LogP contribution in [0.5, 0.6) is 5.88 Å². The molecule has 2 aromatic heterocycles. The van der Waals surface area contributed by atoms with Gasteiger partial charge in [-0.1, -0.05) is 133 Å². The molecule has 190 valence electrons. The highest BCUT2D eigenvalue weighted by molar-refractivity contribution is 6.30. The molecule has 6 rings (SSSR count). The Morgan fingerprint density at radius 3 is 1.72 bits per heavy atom. The van der Waals surface area contributed by atoms with Crippen LogP contribution in [0.2, 0.25) is 5.15 Å². The SMILES string of the molecule is O=Cc1nc(Cl)cc2c1c(OCc1ccccc1)nn2C(c1ccccc1)(c1ccccc1)c1ccccc1. The second kappa shape index (κ2) is 10.6. The number of hydrogen-bond acceptors (Lipinski definition) is 4. The third-order valence-corrected chi connectivity index (χ3v) is 7.04. The number of aldehydes is 1. The average Bonchev–Trinajstić information content (AvgIpc) is 3.36. The van der Waals surface area contributed by atoms with Crippen molar-refractivity contribution < 1.29 is 9.53 Å². The van der Waals surface area contributed by atoms with Crippen LogP contribution in [0.1, 0.15) is 32.7 Å². The van der Waals surface area contributed by atoms with E-state index in [-0.39, 0.29) is 17.5 Å². The molecule has 39 heavy (non-hydrogen) atoms. The number of hydrogen-bond donors (Lipinski definition) is 0. The quantitative estimate of drug-likeness (QED) is 0.118. The van der Waals surface area contributed by atoms with Gasteiger partial charge in [-0.25, -0.2) is 9.67 Å². The van der Waals surface area contributed by atoms with E-state index in [4.69, 9.17) is 21.4 Å². The lowest BCUT2D eigenvalue weighted by molar-refractivity contribution is 0.112. The van der Waals surface area contributed by atoms with E-state index in [0.717, 1.165) is 22.3 Å². The van der Waals surface area contributed by atoms with Crippen LogP contribution in [0.4, 0.5) is 0 Å². The summed E-state index contributed by atoms with van der Waals surface area (Å²) in [5.74, 6) is 0.312. The summed E-state index contributed by atoms with van der Waals surface area (Å²) in [5, 5.41) is 5.80. The lowest BCUT2D eigenvalue weighted by atomic mass is 9.77. The number of aromatic nitrogens is 3. The molecule has 0 unspecified atom stereocenters. The summed E-state index contributed by atoms with van der Waals surface area (Å²) in [6.45, 7) is 0.281. The first-order valence-electron chi connectivity index (χ1n) is 12.6. The summed E-state index contributed by atoms with van der Waals surface area (Å²) in [4.78, 5) is 16.6. The second-order valence-electron chi connectivity index (χ2n) is 9.14. The third kappa shape index (κ3) is 4.37. The van der Waals surface area contributed by atoms with E-state index in [9.17, 15) is 4.79 Å². The number of nitrogens with zero attached hydrogens (tertiary/aromatic N) is 3. The maximum Gasteiger partial charge on any atom is 0.243 e. The molecule has 0 bridgehead atoms. The summed E-state index contributed by atoms with van der Waals surface area (Å²) in [7, 11) is 0. The molecule has 0 atom stereocenters. The topological polar surface area (TPSA) is 57.0 Å². The molecule has 0 amide bonds. The molecule has 0 radical (unpaired) electrons. The van der Waals surface area contributed by atoms with Crippen molar-refractivity contribution in [3.63, 3.8) is 0 Å². The summed E-state index contributed by atoms with van der Waals surface area (Å²) in [5.41, 5.74) is 3.84. The summed E-state index contributed by atoms with van der Waals surface area (Å²) in [6.07, 6.45) is 0.699. The molecule has 0 fully saturated rings. The van der Waals surface area contributed by atoms with Crippen LogP contribution in [0.3, 0.4) is 0 Å². The molecule has 0 saturated heterocycles. The number of fused-ring (bicyclic) bond motifs is 1. The first-order chi connectivity index (χ1) is 19.2. The Labute approximate surface area is 231 Å². The fourth-order valence-electron chi connectivity index (χ4n) is 5.17. The van der Waals surface area contributed by atoms with Crippen molar-refractivity contribution in [3.05, 3.63) is 160 Å². The number of pyridine rings is 1. The van der Waals surface area contributed by atoms with Gasteiger partial charge in [-0.15, -0.1) is 5.10 Å². The molecule has 0 spiro atoms. The van der Waals surface area contributed by atoms with Gasteiger partial charge in [0.1, 0.15) is 23.0 Å². The number of carbonyl (C=O) groups is 1. The highest BCUT2D eigenvalue weighted by Crippen LogP contribution is 2.44. The molecule has 2 heterocycles. The molecule has 5 nitrogen and oxygen atoms in total. The predicted octanol–water partition coefficient (Wildman–Crippen LogP) is 7.32. The summed E-state index contributed by atoms with van der Waals surface area (Å²) < 4.78 is 8.22. The first kappa shape index (κ1) is 24.6. The second-order valence-corrected chi connectivity index (χ2v) is 9.53. The average molecular weight is 530 g/mol. The molecule has 6 aromatic rings. The van der Waals surface area contributed by atoms with Crippen molar-refractivity contribution in [1.29, 1.82) is 0 Å². The number of carbonyl (C=O) groups excluding carboxylic acids is 1. The van der Waals surface area contributed by atoms with E-state index in [2.05, 4.69) is 41.4 Å². The van der Waals surface area contributed by atoms with Crippen molar-refractivity contribution in [2.45, 2.75) is 12.1 Å². The number of rotatable bonds is 8. The minimum atomic E-state index is -0.915. The van der Waals surface area contributed by atoms with Gasteiger partial charge in [0.25, 0.3) is 0 Å². The van der Waals surface area contributed by atoms with Crippen LogP contribution >= 0.6 is 11.6 Å². The smallest absolute Gasteiger partial charge is 0.243 e. The minimum absolute atomic E-state index is 0.176.